The number of carbonyl (C=O) groups is 1. The molecule has 22 heavy (non-hydrogen) atoms. The quantitative estimate of drug-likeness (QED) is 0.874. The molecule has 0 bridgehead atoms. The van der Waals surface area contributed by atoms with Crippen molar-refractivity contribution in [3.63, 3.8) is 0 Å². The number of aromatic nitrogens is 2. The van der Waals surface area contributed by atoms with Crippen molar-refractivity contribution >= 4 is 30.7 Å². The van der Waals surface area contributed by atoms with Crippen LogP contribution in [-0.4, -0.2) is 28.0 Å². The molecule has 0 spiro atoms. The summed E-state index contributed by atoms with van der Waals surface area (Å²) in [6.45, 7) is 0.548. The van der Waals surface area contributed by atoms with Crippen LogP contribution >= 0.6 is 24.8 Å². The second kappa shape index (κ2) is 8.17. The lowest BCUT2D eigenvalue weighted by atomic mass is 10.1. The average molecular weight is 343 g/mol. The largest absolute Gasteiger partial charge is 0.350 e. The van der Waals surface area contributed by atoms with Crippen LogP contribution in [0.25, 0.3) is 5.69 Å². The molecular weight excluding hydrogens is 323 g/mol. The molecule has 1 atom stereocenters. The van der Waals surface area contributed by atoms with Crippen molar-refractivity contribution in [2.75, 3.05) is 6.54 Å². The van der Waals surface area contributed by atoms with Crippen molar-refractivity contribution in [3.8, 4) is 5.69 Å². The first-order chi connectivity index (χ1) is 9.74. The van der Waals surface area contributed by atoms with E-state index in [0.717, 1.165) is 5.69 Å². The standard InChI is InChI=1S/C15H18N4O.2ClH/c16-14(11-1-2-11)9-18-15(20)12-3-5-13(6-4-12)19-8-7-17-10-19;;/h3-8,10-11,14H,1-2,9,16H2,(H,18,20);2*1H. The van der Waals surface area contributed by atoms with Gasteiger partial charge in [-0.3, -0.25) is 4.79 Å². The van der Waals surface area contributed by atoms with Gasteiger partial charge in [-0.05, 0) is 43.0 Å². The van der Waals surface area contributed by atoms with E-state index >= 15 is 0 Å². The molecule has 1 aromatic carbocycles. The number of rotatable bonds is 5. The van der Waals surface area contributed by atoms with E-state index in [0.29, 0.717) is 18.0 Å². The predicted octanol–water partition coefficient (Wildman–Crippen LogP) is 2.18. The summed E-state index contributed by atoms with van der Waals surface area (Å²) in [6, 6.07) is 7.51. The SMILES string of the molecule is Cl.Cl.NC(CNC(=O)c1ccc(-n2ccnc2)cc1)C1CC1. The summed E-state index contributed by atoms with van der Waals surface area (Å²) in [5.74, 6) is 0.525. The number of amides is 1. The van der Waals surface area contributed by atoms with E-state index in [1.807, 2.05) is 35.0 Å². The van der Waals surface area contributed by atoms with Crippen LogP contribution in [0.1, 0.15) is 23.2 Å². The van der Waals surface area contributed by atoms with E-state index in [4.69, 9.17) is 5.73 Å². The van der Waals surface area contributed by atoms with Crippen LogP contribution in [0, 0.1) is 5.92 Å². The topological polar surface area (TPSA) is 72.9 Å². The summed E-state index contributed by atoms with van der Waals surface area (Å²) in [5.41, 5.74) is 7.60. The Balaban J connectivity index is 0.00000121. The van der Waals surface area contributed by atoms with Crippen molar-refractivity contribution in [1.29, 1.82) is 0 Å². The van der Waals surface area contributed by atoms with Crippen LogP contribution in [-0.2, 0) is 0 Å². The summed E-state index contributed by atoms with van der Waals surface area (Å²) < 4.78 is 1.89. The van der Waals surface area contributed by atoms with Gasteiger partial charge in [0.1, 0.15) is 0 Å². The minimum atomic E-state index is -0.0710. The van der Waals surface area contributed by atoms with Gasteiger partial charge in [0.15, 0.2) is 0 Å². The molecule has 2 aromatic rings. The molecule has 1 aliphatic carbocycles. The van der Waals surface area contributed by atoms with Gasteiger partial charge in [0, 0.05) is 36.2 Å². The van der Waals surface area contributed by atoms with Crippen molar-refractivity contribution in [2.24, 2.45) is 11.7 Å². The Hall–Kier alpha value is -1.56. The maximum absolute atomic E-state index is 12.0. The molecule has 1 fully saturated rings. The molecule has 5 nitrogen and oxygen atoms in total. The number of nitrogens with zero attached hydrogens (tertiary/aromatic N) is 2. The van der Waals surface area contributed by atoms with Gasteiger partial charge in [-0.15, -0.1) is 24.8 Å². The molecule has 1 saturated carbocycles. The summed E-state index contributed by atoms with van der Waals surface area (Å²) in [4.78, 5) is 16.0. The van der Waals surface area contributed by atoms with E-state index < -0.39 is 0 Å². The lowest BCUT2D eigenvalue weighted by Gasteiger charge is -2.11. The van der Waals surface area contributed by atoms with Crippen LogP contribution in [0.3, 0.4) is 0 Å². The molecule has 0 radical (unpaired) electrons. The number of nitrogens with two attached hydrogens (primary N) is 1. The summed E-state index contributed by atoms with van der Waals surface area (Å²) >= 11 is 0. The Bertz CT molecular complexity index is 582. The smallest absolute Gasteiger partial charge is 0.251 e. The minimum Gasteiger partial charge on any atom is -0.350 e. The number of hydrogen-bond donors (Lipinski definition) is 2. The van der Waals surface area contributed by atoms with Gasteiger partial charge in [-0.2, -0.15) is 0 Å². The maximum atomic E-state index is 12.0. The Kier molecular flexibility index (Phi) is 6.87. The van der Waals surface area contributed by atoms with Gasteiger partial charge in [-0.25, -0.2) is 4.98 Å². The Morgan fingerprint density at radius 1 is 1.32 bits per heavy atom. The first-order valence-electron chi connectivity index (χ1n) is 6.86. The number of hydrogen-bond acceptors (Lipinski definition) is 3. The molecule has 0 aliphatic heterocycles. The lowest BCUT2D eigenvalue weighted by Crippen LogP contribution is -2.38. The molecule has 1 heterocycles. The molecule has 1 unspecified atom stereocenters. The lowest BCUT2D eigenvalue weighted by molar-refractivity contribution is 0.0950. The highest BCUT2D eigenvalue weighted by Crippen LogP contribution is 2.31. The molecule has 3 rings (SSSR count). The Morgan fingerprint density at radius 3 is 2.55 bits per heavy atom. The highest BCUT2D eigenvalue weighted by atomic mass is 35.5. The third-order valence-corrected chi connectivity index (χ3v) is 3.66. The van der Waals surface area contributed by atoms with E-state index in [9.17, 15) is 4.79 Å². The van der Waals surface area contributed by atoms with Gasteiger partial charge < -0.3 is 15.6 Å². The molecule has 1 aromatic heterocycles. The molecule has 7 heteroatoms. The number of imidazole rings is 1. The summed E-state index contributed by atoms with van der Waals surface area (Å²) in [5, 5.41) is 2.89. The summed E-state index contributed by atoms with van der Waals surface area (Å²) in [7, 11) is 0. The molecular formula is C15H20Cl2N4O. The second-order valence-electron chi connectivity index (χ2n) is 5.23. The Morgan fingerprint density at radius 2 is 2.00 bits per heavy atom. The first-order valence-corrected chi connectivity index (χ1v) is 6.86. The van der Waals surface area contributed by atoms with Crippen molar-refractivity contribution in [1.82, 2.24) is 14.9 Å². The Labute approximate surface area is 142 Å². The predicted molar refractivity (Wildman–Crippen MR) is 91.1 cm³/mol. The summed E-state index contributed by atoms with van der Waals surface area (Å²) in [6.07, 6.45) is 7.70. The molecule has 1 aliphatic rings. The molecule has 1 amide bonds. The van der Waals surface area contributed by atoms with Crippen LogP contribution in [0.5, 0.6) is 0 Å². The van der Waals surface area contributed by atoms with Crippen LogP contribution in [0.15, 0.2) is 43.0 Å². The fraction of sp³-hybridized carbons (Fsp3) is 0.333. The van der Waals surface area contributed by atoms with Gasteiger partial charge in [0.25, 0.3) is 5.91 Å². The van der Waals surface area contributed by atoms with Crippen molar-refractivity contribution in [3.05, 3.63) is 48.5 Å². The fourth-order valence-electron chi connectivity index (χ4n) is 2.20. The number of benzene rings is 1. The number of nitrogens with one attached hydrogen (secondary N) is 1. The highest BCUT2D eigenvalue weighted by molar-refractivity contribution is 5.94. The average Bonchev–Trinajstić information content (AvgIpc) is 3.19. The van der Waals surface area contributed by atoms with Gasteiger partial charge in [0.05, 0.1) is 6.33 Å². The maximum Gasteiger partial charge on any atom is 0.251 e. The third kappa shape index (κ3) is 4.47. The van der Waals surface area contributed by atoms with Crippen LogP contribution in [0.2, 0.25) is 0 Å². The zero-order valence-corrected chi connectivity index (χ0v) is 13.6. The first kappa shape index (κ1) is 18.5. The monoisotopic (exact) mass is 342 g/mol. The zero-order chi connectivity index (χ0) is 13.9. The number of carbonyl (C=O) groups excluding carboxylic acids is 1. The normalized spacial score (nSPS) is 14.4. The molecule has 0 saturated heterocycles. The highest BCUT2D eigenvalue weighted by Gasteiger charge is 2.28. The van der Waals surface area contributed by atoms with Crippen LogP contribution < -0.4 is 11.1 Å². The van der Waals surface area contributed by atoms with E-state index in [1.165, 1.54) is 12.8 Å². The van der Waals surface area contributed by atoms with Crippen molar-refractivity contribution in [2.45, 2.75) is 18.9 Å². The van der Waals surface area contributed by atoms with E-state index in [1.54, 1.807) is 12.5 Å². The number of halogens is 2. The molecule has 3 N–H and O–H groups in total. The molecule has 120 valence electrons. The third-order valence-electron chi connectivity index (χ3n) is 3.66. The van der Waals surface area contributed by atoms with Gasteiger partial charge in [-0.1, -0.05) is 0 Å². The van der Waals surface area contributed by atoms with E-state index in [2.05, 4.69) is 10.3 Å². The zero-order valence-electron chi connectivity index (χ0n) is 12.0. The fourth-order valence-corrected chi connectivity index (χ4v) is 2.20. The van der Waals surface area contributed by atoms with Crippen LogP contribution in [0.4, 0.5) is 0 Å². The van der Waals surface area contributed by atoms with Gasteiger partial charge in [0.2, 0.25) is 0 Å². The second-order valence-corrected chi connectivity index (χ2v) is 5.23. The van der Waals surface area contributed by atoms with Crippen molar-refractivity contribution < 1.29 is 4.79 Å². The minimum absolute atomic E-state index is 0. The van der Waals surface area contributed by atoms with Gasteiger partial charge >= 0.3 is 0 Å². The van der Waals surface area contributed by atoms with E-state index in [-0.39, 0.29) is 36.8 Å².